The third-order valence-electron chi connectivity index (χ3n) is 5.18. The molecule has 11 nitrogen and oxygen atoms in total. The Kier molecular flexibility index (Phi) is 7.92. The Morgan fingerprint density at radius 3 is 2.03 bits per heavy atom. The Hall–Kier alpha value is -1.03. The first-order valence-corrected chi connectivity index (χ1v) is 9.85. The van der Waals surface area contributed by atoms with E-state index in [1.54, 1.807) is 24.3 Å². The Bertz CT molecular complexity index is 677. The minimum absolute atomic E-state index is 0.578. The first-order chi connectivity index (χ1) is 14.3. The molecule has 170 valence electrons. The monoisotopic (exact) mass is 449 g/mol. The van der Waals surface area contributed by atoms with Crippen molar-refractivity contribution in [1.82, 2.24) is 0 Å². The Morgan fingerprint density at radius 1 is 0.800 bits per heavy atom. The summed E-state index contributed by atoms with van der Waals surface area (Å²) in [5.41, 5.74) is 0.578. The fraction of sp³-hybridized carbons (Fsp3) is 0.667. The van der Waals surface area contributed by atoms with E-state index in [0.717, 1.165) is 4.90 Å². The molecule has 1 aromatic carbocycles. The Balaban J connectivity index is 1.71. The highest BCUT2D eigenvalue weighted by atomic mass is 32.1. The average Bonchev–Trinajstić information content (AvgIpc) is 2.74. The lowest BCUT2D eigenvalue weighted by Crippen LogP contribution is -2.65. The van der Waals surface area contributed by atoms with E-state index in [0.29, 0.717) is 5.69 Å². The topological polar surface area (TPSA) is 181 Å². The summed E-state index contributed by atoms with van der Waals surface area (Å²) in [6.07, 6.45) is -14.3. The highest BCUT2D eigenvalue weighted by molar-refractivity contribution is 7.80. The van der Waals surface area contributed by atoms with Gasteiger partial charge in [-0.25, -0.2) is 0 Å². The van der Waals surface area contributed by atoms with Crippen LogP contribution < -0.4 is 5.32 Å². The molecular weight excluding hydrogens is 422 g/mol. The van der Waals surface area contributed by atoms with Gasteiger partial charge in [-0.1, -0.05) is 0 Å². The molecule has 1 aromatic rings. The number of benzene rings is 1. The largest absolute Gasteiger partial charge is 0.394 e. The first kappa shape index (κ1) is 23.6. The summed E-state index contributed by atoms with van der Waals surface area (Å²) in [4.78, 5) is 0.729. The fourth-order valence-electron chi connectivity index (χ4n) is 3.43. The number of aliphatic hydroxyl groups excluding tert-OH is 7. The SMILES string of the molecule is OC[C@H]1OC(Nc2ccc(S)cc2)[C@H](O)[C@@H](O)C1OC1O[C@H](CO)[C@@H](O)C(O)[C@H]1O. The maximum absolute atomic E-state index is 10.6. The highest BCUT2D eigenvalue weighted by Crippen LogP contribution is 2.29. The zero-order valence-electron chi connectivity index (χ0n) is 15.8. The van der Waals surface area contributed by atoms with E-state index in [1.165, 1.54) is 0 Å². The normalized spacial score (nSPS) is 42.1. The number of ether oxygens (including phenoxy) is 3. The van der Waals surface area contributed by atoms with Crippen molar-refractivity contribution in [3.8, 4) is 0 Å². The molecule has 0 amide bonds. The summed E-state index contributed by atoms with van der Waals surface area (Å²) < 4.78 is 16.4. The van der Waals surface area contributed by atoms with Crippen LogP contribution >= 0.6 is 12.6 Å². The molecule has 30 heavy (non-hydrogen) atoms. The summed E-state index contributed by atoms with van der Waals surface area (Å²) in [6.45, 7) is -1.25. The van der Waals surface area contributed by atoms with Crippen LogP contribution in [0.25, 0.3) is 0 Å². The molecular formula is C18H27NO10S. The summed E-state index contributed by atoms with van der Waals surface area (Å²) in [7, 11) is 0. The van der Waals surface area contributed by atoms with Gasteiger partial charge in [0.25, 0.3) is 0 Å². The van der Waals surface area contributed by atoms with Gasteiger partial charge in [-0.3, -0.25) is 0 Å². The van der Waals surface area contributed by atoms with Crippen LogP contribution in [0.2, 0.25) is 0 Å². The molecule has 0 saturated carbocycles. The van der Waals surface area contributed by atoms with Gasteiger partial charge >= 0.3 is 0 Å². The second kappa shape index (κ2) is 10.1. The van der Waals surface area contributed by atoms with Crippen LogP contribution in [0, 0.1) is 0 Å². The number of nitrogens with one attached hydrogen (secondary N) is 1. The number of hydrogen-bond acceptors (Lipinski definition) is 12. The Morgan fingerprint density at radius 2 is 1.43 bits per heavy atom. The molecule has 0 aliphatic carbocycles. The quantitative estimate of drug-likeness (QED) is 0.202. The van der Waals surface area contributed by atoms with Crippen molar-refractivity contribution in [2.24, 2.45) is 0 Å². The van der Waals surface area contributed by atoms with Crippen molar-refractivity contribution in [2.75, 3.05) is 18.5 Å². The van der Waals surface area contributed by atoms with Crippen LogP contribution in [-0.4, -0.2) is 110 Å². The van der Waals surface area contributed by atoms with Crippen LogP contribution in [0.5, 0.6) is 0 Å². The minimum Gasteiger partial charge on any atom is -0.394 e. The molecule has 2 saturated heterocycles. The lowest BCUT2D eigenvalue weighted by molar-refractivity contribution is -0.340. The number of anilines is 1. The maximum Gasteiger partial charge on any atom is 0.187 e. The van der Waals surface area contributed by atoms with Crippen LogP contribution in [0.4, 0.5) is 5.69 Å². The third kappa shape index (κ3) is 4.89. The van der Waals surface area contributed by atoms with Gasteiger partial charge in [-0.05, 0) is 24.3 Å². The average molecular weight is 449 g/mol. The second-order valence-electron chi connectivity index (χ2n) is 7.25. The van der Waals surface area contributed by atoms with Crippen LogP contribution in [0.15, 0.2) is 29.2 Å². The van der Waals surface area contributed by atoms with Gasteiger partial charge in [0.1, 0.15) is 48.8 Å². The summed E-state index contributed by atoms with van der Waals surface area (Å²) in [6, 6.07) is 6.81. The summed E-state index contributed by atoms with van der Waals surface area (Å²) in [5.74, 6) is 0. The molecule has 2 aliphatic rings. The summed E-state index contributed by atoms with van der Waals surface area (Å²) >= 11 is 4.19. The lowest BCUT2D eigenvalue weighted by atomic mass is 9.96. The fourth-order valence-corrected chi connectivity index (χ4v) is 3.58. The van der Waals surface area contributed by atoms with Crippen LogP contribution in [-0.2, 0) is 14.2 Å². The van der Waals surface area contributed by atoms with E-state index >= 15 is 0 Å². The maximum atomic E-state index is 10.6. The zero-order chi connectivity index (χ0) is 22.0. The first-order valence-electron chi connectivity index (χ1n) is 9.40. The zero-order valence-corrected chi connectivity index (χ0v) is 16.7. The standard InChI is InChI=1S/C18H27NO10S/c20-5-9-11(22)12(23)15(26)18(28-9)29-16-10(6-21)27-17(14(25)13(16)24)19-7-1-3-8(30)4-2-7/h1-4,9-26,30H,5-6H2/t9-,10-,11-,12?,13-,14-,15-,16?,17?,18?/m1/s1. The minimum atomic E-state index is -1.71. The Labute approximate surface area is 177 Å². The van der Waals surface area contributed by atoms with Crippen LogP contribution in [0.1, 0.15) is 0 Å². The van der Waals surface area contributed by atoms with Gasteiger partial charge in [0.15, 0.2) is 12.5 Å². The van der Waals surface area contributed by atoms with Crippen molar-refractivity contribution in [3.05, 3.63) is 24.3 Å². The number of hydrogen-bond donors (Lipinski definition) is 9. The van der Waals surface area contributed by atoms with E-state index in [2.05, 4.69) is 17.9 Å². The van der Waals surface area contributed by atoms with Gasteiger partial charge in [0.2, 0.25) is 0 Å². The number of thiol groups is 1. The molecule has 2 aliphatic heterocycles. The number of aliphatic hydroxyl groups is 7. The van der Waals surface area contributed by atoms with E-state index < -0.39 is 74.6 Å². The van der Waals surface area contributed by atoms with Crippen molar-refractivity contribution < 1.29 is 50.0 Å². The number of rotatable bonds is 6. The van der Waals surface area contributed by atoms with Crippen molar-refractivity contribution >= 4 is 18.3 Å². The van der Waals surface area contributed by atoms with E-state index in [1.807, 2.05) is 0 Å². The molecule has 2 heterocycles. The smallest absolute Gasteiger partial charge is 0.187 e. The molecule has 0 aromatic heterocycles. The van der Waals surface area contributed by atoms with Crippen molar-refractivity contribution in [1.29, 1.82) is 0 Å². The lowest BCUT2D eigenvalue weighted by Gasteiger charge is -2.46. The summed E-state index contributed by atoms with van der Waals surface area (Å²) in [5, 5.41) is 72.8. The molecule has 0 radical (unpaired) electrons. The van der Waals surface area contributed by atoms with Gasteiger partial charge in [0, 0.05) is 10.6 Å². The molecule has 8 N–H and O–H groups in total. The highest BCUT2D eigenvalue weighted by Gasteiger charge is 2.50. The van der Waals surface area contributed by atoms with Crippen molar-refractivity contribution in [2.45, 2.75) is 66.2 Å². The third-order valence-corrected chi connectivity index (χ3v) is 5.48. The molecule has 3 rings (SSSR count). The van der Waals surface area contributed by atoms with Gasteiger partial charge in [-0.2, -0.15) is 0 Å². The molecule has 2 fully saturated rings. The van der Waals surface area contributed by atoms with Crippen molar-refractivity contribution in [3.63, 3.8) is 0 Å². The molecule has 10 atom stereocenters. The molecule has 0 bridgehead atoms. The van der Waals surface area contributed by atoms with E-state index in [4.69, 9.17) is 14.2 Å². The predicted molar refractivity (Wildman–Crippen MR) is 104 cm³/mol. The van der Waals surface area contributed by atoms with E-state index in [-0.39, 0.29) is 0 Å². The van der Waals surface area contributed by atoms with E-state index in [9.17, 15) is 35.7 Å². The van der Waals surface area contributed by atoms with Crippen LogP contribution in [0.3, 0.4) is 0 Å². The van der Waals surface area contributed by atoms with Gasteiger partial charge < -0.3 is 55.3 Å². The molecule has 0 spiro atoms. The molecule has 12 heteroatoms. The second-order valence-corrected chi connectivity index (χ2v) is 7.76. The van der Waals surface area contributed by atoms with Gasteiger partial charge in [0.05, 0.1) is 13.2 Å². The molecule has 4 unspecified atom stereocenters. The van der Waals surface area contributed by atoms with Gasteiger partial charge in [-0.15, -0.1) is 12.6 Å². The predicted octanol–water partition coefficient (Wildman–Crippen LogP) is -2.99.